The number of aryl methyl sites for hydroxylation is 1. The maximum Gasteiger partial charge on any atom is 0.303 e. The van der Waals surface area contributed by atoms with Crippen molar-refractivity contribution in [3.05, 3.63) is 58.7 Å². The third kappa shape index (κ3) is 2.96. The van der Waals surface area contributed by atoms with Crippen LogP contribution in [0.15, 0.2) is 41.5 Å². The molecular formula is C15H13FN4O3. The monoisotopic (exact) mass is 316 g/mol. The Hall–Kier alpha value is -3.03. The molecule has 8 heteroatoms. The molecule has 118 valence electrons. The fraction of sp³-hybridized carbons (Fsp3) is 0.200. The van der Waals surface area contributed by atoms with E-state index in [1.54, 1.807) is 16.8 Å². The van der Waals surface area contributed by atoms with Crippen LogP contribution in [0.5, 0.6) is 0 Å². The molecule has 0 unspecified atom stereocenters. The number of aliphatic carboxylic acids is 1. The molecule has 0 fully saturated rings. The Morgan fingerprint density at radius 1 is 1.17 bits per heavy atom. The Morgan fingerprint density at radius 3 is 2.61 bits per heavy atom. The zero-order valence-corrected chi connectivity index (χ0v) is 12.0. The molecule has 3 aromatic rings. The summed E-state index contributed by atoms with van der Waals surface area (Å²) in [5, 5.41) is 16.5. The lowest BCUT2D eigenvalue weighted by Crippen LogP contribution is -2.20. The molecule has 0 aliphatic heterocycles. The average Bonchev–Trinajstić information content (AvgIpc) is 2.93. The molecule has 1 N–H and O–H groups in total. The predicted molar refractivity (Wildman–Crippen MR) is 79.1 cm³/mol. The second kappa shape index (κ2) is 5.99. The van der Waals surface area contributed by atoms with Crippen LogP contribution in [-0.2, 0) is 11.2 Å². The number of fused-ring (bicyclic) bond motifs is 1. The Bertz CT molecular complexity index is 915. The Labute approximate surface area is 129 Å². The fourth-order valence-corrected chi connectivity index (χ4v) is 2.31. The topological polar surface area (TPSA) is 89.5 Å². The molecule has 0 aliphatic rings. The minimum atomic E-state index is -0.877. The van der Waals surface area contributed by atoms with Gasteiger partial charge in [0.1, 0.15) is 11.6 Å². The molecule has 0 bridgehead atoms. The first kappa shape index (κ1) is 14.9. The maximum absolute atomic E-state index is 13.0. The quantitative estimate of drug-likeness (QED) is 0.769. The van der Waals surface area contributed by atoms with Crippen molar-refractivity contribution in [2.75, 3.05) is 0 Å². The lowest BCUT2D eigenvalue weighted by Gasteiger charge is -2.06. The van der Waals surface area contributed by atoms with Gasteiger partial charge in [0.05, 0.1) is 0 Å². The highest BCUT2D eigenvalue weighted by molar-refractivity contribution is 5.66. The maximum atomic E-state index is 13.0. The zero-order chi connectivity index (χ0) is 16.4. The van der Waals surface area contributed by atoms with Crippen molar-refractivity contribution in [1.82, 2.24) is 19.2 Å². The molecule has 0 saturated carbocycles. The van der Waals surface area contributed by atoms with Gasteiger partial charge in [0.25, 0.3) is 0 Å². The van der Waals surface area contributed by atoms with Gasteiger partial charge in [-0.3, -0.25) is 18.6 Å². The van der Waals surface area contributed by atoms with Gasteiger partial charge in [0.2, 0.25) is 5.65 Å². The summed E-state index contributed by atoms with van der Waals surface area (Å²) in [6, 6.07) is 5.54. The van der Waals surface area contributed by atoms with Crippen molar-refractivity contribution >= 4 is 11.6 Å². The molecule has 0 radical (unpaired) electrons. The van der Waals surface area contributed by atoms with Crippen molar-refractivity contribution in [2.45, 2.75) is 19.3 Å². The van der Waals surface area contributed by atoms with E-state index in [2.05, 4.69) is 10.2 Å². The Morgan fingerprint density at radius 2 is 1.91 bits per heavy atom. The zero-order valence-electron chi connectivity index (χ0n) is 12.0. The van der Waals surface area contributed by atoms with Gasteiger partial charge < -0.3 is 5.11 Å². The van der Waals surface area contributed by atoms with Gasteiger partial charge in [-0.1, -0.05) is 0 Å². The minimum absolute atomic E-state index is 0.0293. The number of hydrogen-bond acceptors (Lipinski definition) is 4. The number of nitrogens with zero attached hydrogens (tertiary/aromatic N) is 4. The van der Waals surface area contributed by atoms with E-state index in [9.17, 15) is 14.0 Å². The highest BCUT2D eigenvalue weighted by atomic mass is 19.1. The first-order valence-corrected chi connectivity index (χ1v) is 6.99. The molecule has 0 saturated heterocycles. The van der Waals surface area contributed by atoms with E-state index in [4.69, 9.17) is 5.11 Å². The van der Waals surface area contributed by atoms with Gasteiger partial charge in [-0.25, -0.2) is 4.39 Å². The number of hydrogen-bond donors (Lipinski definition) is 1. The van der Waals surface area contributed by atoms with Gasteiger partial charge in [0, 0.05) is 30.9 Å². The van der Waals surface area contributed by atoms with Crippen molar-refractivity contribution in [3.8, 4) is 5.69 Å². The molecule has 2 heterocycles. The molecule has 0 spiro atoms. The lowest BCUT2D eigenvalue weighted by atomic mass is 10.2. The number of carboxylic acids is 1. The molecule has 1 aromatic carbocycles. The standard InChI is InChI=1S/C15H13FN4O3/c16-10-4-6-11(7-5-10)19-8-9-20-12(2-1-3-13(21)22)17-18-14(20)15(19)23/h4-9H,1-3H2,(H,21,22). The van der Waals surface area contributed by atoms with Crippen molar-refractivity contribution in [2.24, 2.45) is 0 Å². The molecule has 0 amide bonds. The Balaban J connectivity index is 1.96. The van der Waals surface area contributed by atoms with Gasteiger partial charge in [0.15, 0.2) is 0 Å². The second-order valence-electron chi connectivity index (χ2n) is 5.01. The van der Waals surface area contributed by atoms with Crippen LogP contribution in [0.2, 0.25) is 0 Å². The van der Waals surface area contributed by atoms with E-state index in [1.165, 1.54) is 28.8 Å². The van der Waals surface area contributed by atoms with Crippen molar-refractivity contribution in [3.63, 3.8) is 0 Å². The van der Waals surface area contributed by atoms with Crippen LogP contribution in [0.3, 0.4) is 0 Å². The number of rotatable bonds is 5. The van der Waals surface area contributed by atoms with Gasteiger partial charge in [-0.05, 0) is 30.7 Å². The SMILES string of the molecule is O=C(O)CCCc1nnc2c(=O)n(-c3ccc(F)cc3)ccn12. The highest BCUT2D eigenvalue weighted by Crippen LogP contribution is 2.09. The molecule has 0 aliphatic carbocycles. The summed E-state index contributed by atoms with van der Waals surface area (Å²) in [5.74, 6) is -0.729. The van der Waals surface area contributed by atoms with E-state index in [0.29, 0.717) is 24.4 Å². The molecule has 7 nitrogen and oxygen atoms in total. The smallest absolute Gasteiger partial charge is 0.303 e. The van der Waals surface area contributed by atoms with Crippen LogP contribution in [0, 0.1) is 5.82 Å². The summed E-state index contributed by atoms with van der Waals surface area (Å²) in [6.07, 6.45) is 4.04. The summed E-state index contributed by atoms with van der Waals surface area (Å²) < 4.78 is 15.9. The van der Waals surface area contributed by atoms with E-state index in [0.717, 1.165) is 0 Å². The Kier molecular flexibility index (Phi) is 3.88. The van der Waals surface area contributed by atoms with Crippen LogP contribution in [0.25, 0.3) is 11.3 Å². The van der Waals surface area contributed by atoms with Crippen LogP contribution < -0.4 is 5.56 Å². The normalized spacial score (nSPS) is 11.0. The van der Waals surface area contributed by atoms with E-state index in [-0.39, 0.29) is 23.4 Å². The van der Waals surface area contributed by atoms with E-state index >= 15 is 0 Å². The molecule has 0 atom stereocenters. The van der Waals surface area contributed by atoms with Gasteiger partial charge >= 0.3 is 11.5 Å². The predicted octanol–water partition coefficient (Wildman–Crippen LogP) is 1.43. The van der Waals surface area contributed by atoms with E-state index < -0.39 is 5.97 Å². The number of carboxylic acid groups (broad SMARTS) is 1. The number of aromatic nitrogens is 4. The fourth-order valence-electron chi connectivity index (χ4n) is 2.31. The molecular weight excluding hydrogens is 303 g/mol. The summed E-state index contributed by atoms with van der Waals surface area (Å²) in [4.78, 5) is 23.0. The molecule has 23 heavy (non-hydrogen) atoms. The van der Waals surface area contributed by atoms with Crippen LogP contribution in [-0.4, -0.2) is 30.2 Å². The number of benzene rings is 1. The summed E-state index contributed by atoms with van der Waals surface area (Å²) in [6.45, 7) is 0. The molecule has 2 aromatic heterocycles. The third-order valence-electron chi connectivity index (χ3n) is 3.44. The van der Waals surface area contributed by atoms with Crippen molar-refractivity contribution < 1.29 is 14.3 Å². The van der Waals surface area contributed by atoms with Crippen molar-refractivity contribution in [1.29, 1.82) is 0 Å². The summed E-state index contributed by atoms with van der Waals surface area (Å²) in [5.41, 5.74) is 0.285. The summed E-state index contributed by atoms with van der Waals surface area (Å²) >= 11 is 0. The highest BCUT2D eigenvalue weighted by Gasteiger charge is 2.12. The molecule has 3 rings (SSSR count). The van der Waals surface area contributed by atoms with E-state index in [1.807, 2.05) is 0 Å². The first-order chi connectivity index (χ1) is 11.1. The minimum Gasteiger partial charge on any atom is -0.481 e. The third-order valence-corrected chi connectivity index (χ3v) is 3.44. The lowest BCUT2D eigenvalue weighted by molar-refractivity contribution is -0.137. The average molecular weight is 316 g/mol. The largest absolute Gasteiger partial charge is 0.481 e. The van der Waals surface area contributed by atoms with Gasteiger partial charge in [-0.15, -0.1) is 10.2 Å². The number of carbonyl (C=O) groups is 1. The number of halogens is 1. The van der Waals surface area contributed by atoms with Crippen LogP contribution >= 0.6 is 0 Å². The first-order valence-electron chi connectivity index (χ1n) is 6.99. The van der Waals surface area contributed by atoms with Crippen LogP contribution in [0.4, 0.5) is 4.39 Å². The van der Waals surface area contributed by atoms with Crippen LogP contribution in [0.1, 0.15) is 18.7 Å². The summed E-state index contributed by atoms with van der Waals surface area (Å²) in [7, 11) is 0. The second-order valence-corrected chi connectivity index (χ2v) is 5.01. The van der Waals surface area contributed by atoms with Gasteiger partial charge in [-0.2, -0.15) is 0 Å².